The van der Waals surface area contributed by atoms with Crippen molar-refractivity contribution in [3.05, 3.63) is 16.3 Å². The molecule has 0 bridgehead atoms. The van der Waals surface area contributed by atoms with E-state index in [0.717, 1.165) is 16.5 Å². The summed E-state index contributed by atoms with van der Waals surface area (Å²) in [5.41, 5.74) is 2.63. The number of aliphatic imine (C=N–C) groups is 1. The van der Waals surface area contributed by atoms with Gasteiger partial charge in [0.1, 0.15) is 5.75 Å². The van der Waals surface area contributed by atoms with Crippen LogP contribution in [0.2, 0.25) is 0 Å². The highest BCUT2D eigenvalue weighted by Crippen LogP contribution is 2.26. The SMILES string of the molecule is COc1csc(C(=NC2CC2)NN)c1. The Hall–Kier alpha value is -1.07. The van der Waals surface area contributed by atoms with Gasteiger partial charge in [0.05, 0.1) is 18.0 Å². The first-order valence-electron chi connectivity index (χ1n) is 4.51. The van der Waals surface area contributed by atoms with Gasteiger partial charge in [-0.3, -0.25) is 4.99 Å². The molecule has 1 saturated carbocycles. The summed E-state index contributed by atoms with van der Waals surface area (Å²) in [6.07, 6.45) is 2.35. The summed E-state index contributed by atoms with van der Waals surface area (Å²) in [6.45, 7) is 0. The fourth-order valence-electron chi connectivity index (χ4n) is 1.11. The van der Waals surface area contributed by atoms with E-state index < -0.39 is 0 Å². The Labute approximate surface area is 86.8 Å². The minimum atomic E-state index is 0.467. The lowest BCUT2D eigenvalue weighted by Gasteiger charge is -2.01. The number of nitrogens with zero attached hydrogens (tertiary/aromatic N) is 1. The molecular formula is C9H13N3OS. The van der Waals surface area contributed by atoms with Gasteiger partial charge in [0, 0.05) is 11.4 Å². The maximum absolute atomic E-state index is 5.42. The number of hydrazine groups is 1. The van der Waals surface area contributed by atoms with E-state index in [9.17, 15) is 0 Å². The molecule has 0 amide bonds. The van der Waals surface area contributed by atoms with Gasteiger partial charge in [0.2, 0.25) is 0 Å². The highest BCUT2D eigenvalue weighted by molar-refractivity contribution is 7.12. The lowest BCUT2D eigenvalue weighted by molar-refractivity contribution is 0.416. The Bertz CT molecular complexity index is 344. The standard InChI is InChI=1S/C9H13N3OS/c1-13-7-4-8(14-5-7)9(12-10)11-6-2-3-6/h4-6H,2-3,10H2,1H3,(H,11,12). The smallest absolute Gasteiger partial charge is 0.153 e. The molecule has 1 aromatic heterocycles. The monoisotopic (exact) mass is 211 g/mol. The number of nitrogens with two attached hydrogens (primary N) is 1. The van der Waals surface area contributed by atoms with Crippen LogP contribution in [-0.2, 0) is 0 Å². The van der Waals surface area contributed by atoms with Gasteiger partial charge < -0.3 is 10.2 Å². The van der Waals surface area contributed by atoms with Gasteiger partial charge in [0.25, 0.3) is 0 Å². The number of methoxy groups -OCH3 is 1. The minimum absolute atomic E-state index is 0.467. The molecule has 0 atom stereocenters. The lowest BCUT2D eigenvalue weighted by Crippen LogP contribution is -2.30. The Kier molecular flexibility index (Phi) is 2.69. The van der Waals surface area contributed by atoms with Crippen molar-refractivity contribution < 1.29 is 4.74 Å². The molecule has 76 valence electrons. The van der Waals surface area contributed by atoms with Crippen LogP contribution in [0.25, 0.3) is 0 Å². The Morgan fingerprint density at radius 3 is 3.00 bits per heavy atom. The quantitative estimate of drug-likeness (QED) is 0.341. The molecule has 14 heavy (non-hydrogen) atoms. The zero-order valence-electron chi connectivity index (χ0n) is 7.99. The van der Waals surface area contributed by atoms with Gasteiger partial charge in [-0.25, -0.2) is 5.84 Å². The number of rotatable bonds is 3. The van der Waals surface area contributed by atoms with Crippen LogP contribution in [0.4, 0.5) is 0 Å². The predicted molar refractivity (Wildman–Crippen MR) is 57.8 cm³/mol. The second kappa shape index (κ2) is 3.98. The summed E-state index contributed by atoms with van der Waals surface area (Å²) in [7, 11) is 1.65. The minimum Gasteiger partial charge on any atom is -0.496 e. The number of hydrogen-bond donors (Lipinski definition) is 2. The zero-order chi connectivity index (χ0) is 9.97. The molecular weight excluding hydrogens is 198 g/mol. The summed E-state index contributed by atoms with van der Waals surface area (Å²) in [5.74, 6) is 7.03. The molecule has 0 unspecified atom stereocenters. The predicted octanol–water partition coefficient (Wildman–Crippen LogP) is 1.13. The molecule has 0 aromatic carbocycles. The number of hydrogen-bond acceptors (Lipinski definition) is 4. The topological polar surface area (TPSA) is 59.6 Å². The van der Waals surface area contributed by atoms with Crippen molar-refractivity contribution in [2.24, 2.45) is 10.8 Å². The molecule has 0 spiro atoms. The molecule has 3 N–H and O–H groups in total. The maximum Gasteiger partial charge on any atom is 0.153 e. The normalized spacial score (nSPS) is 16.9. The third-order valence-electron chi connectivity index (χ3n) is 2.04. The number of amidine groups is 1. The molecule has 1 heterocycles. The Balaban J connectivity index is 2.17. The van der Waals surface area contributed by atoms with Crippen LogP contribution < -0.4 is 16.0 Å². The molecule has 1 aromatic rings. The second-order valence-corrected chi connectivity index (χ2v) is 4.12. The summed E-state index contributed by atoms with van der Waals surface area (Å²) in [4.78, 5) is 5.48. The molecule has 1 aliphatic rings. The van der Waals surface area contributed by atoms with Gasteiger partial charge in [0.15, 0.2) is 5.84 Å². The highest BCUT2D eigenvalue weighted by atomic mass is 32.1. The van der Waals surface area contributed by atoms with Crippen molar-refractivity contribution in [1.82, 2.24) is 5.43 Å². The third-order valence-corrected chi connectivity index (χ3v) is 2.96. The summed E-state index contributed by atoms with van der Waals surface area (Å²) in [5, 5.41) is 1.94. The van der Waals surface area contributed by atoms with Gasteiger partial charge >= 0.3 is 0 Å². The number of ether oxygens (including phenoxy) is 1. The summed E-state index contributed by atoms with van der Waals surface area (Å²) >= 11 is 1.58. The van der Waals surface area contributed by atoms with Gasteiger partial charge in [-0.15, -0.1) is 11.3 Å². The van der Waals surface area contributed by atoms with Crippen LogP contribution in [0.3, 0.4) is 0 Å². The van der Waals surface area contributed by atoms with Crippen LogP contribution in [0.5, 0.6) is 5.75 Å². The van der Waals surface area contributed by atoms with Crippen LogP contribution in [0.1, 0.15) is 17.7 Å². The number of thiophene rings is 1. The van der Waals surface area contributed by atoms with Crippen molar-refractivity contribution >= 4 is 17.2 Å². The van der Waals surface area contributed by atoms with Crippen LogP contribution in [0, 0.1) is 0 Å². The van der Waals surface area contributed by atoms with E-state index in [1.807, 2.05) is 11.4 Å². The van der Waals surface area contributed by atoms with E-state index in [-0.39, 0.29) is 0 Å². The first-order valence-corrected chi connectivity index (χ1v) is 5.38. The Morgan fingerprint density at radius 2 is 2.50 bits per heavy atom. The highest BCUT2D eigenvalue weighted by Gasteiger charge is 2.21. The van der Waals surface area contributed by atoms with Crippen molar-refractivity contribution in [1.29, 1.82) is 0 Å². The molecule has 0 radical (unpaired) electrons. The zero-order valence-corrected chi connectivity index (χ0v) is 8.80. The van der Waals surface area contributed by atoms with E-state index in [1.165, 1.54) is 12.8 Å². The fraction of sp³-hybridized carbons (Fsp3) is 0.444. The van der Waals surface area contributed by atoms with Gasteiger partial charge in [-0.2, -0.15) is 0 Å². The van der Waals surface area contributed by atoms with Crippen molar-refractivity contribution in [3.8, 4) is 5.75 Å². The van der Waals surface area contributed by atoms with Crippen LogP contribution >= 0.6 is 11.3 Å². The number of nitrogens with one attached hydrogen (secondary N) is 1. The van der Waals surface area contributed by atoms with E-state index in [2.05, 4.69) is 10.4 Å². The van der Waals surface area contributed by atoms with E-state index in [1.54, 1.807) is 18.4 Å². The van der Waals surface area contributed by atoms with E-state index in [4.69, 9.17) is 10.6 Å². The first kappa shape index (κ1) is 9.48. The molecule has 1 aliphatic carbocycles. The average molecular weight is 211 g/mol. The van der Waals surface area contributed by atoms with Gasteiger partial charge in [-0.05, 0) is 12.8 Å². The largest absolute Gasteiger partial charge is 0.496 e. The van der Waals surface area contributed by atoms with Crippen LogP contribution in [-0.4, -0.2) is 19.0 Å². The molecule has 4 nitrogen and oxygen atoms in total. The van der Waals surface area contributed by atoms with E-state index in [0.29, 0.717) is 6.04 Å². The molecule has 2 rings (SSSR count). The molecule has 1 fully saturated rings. The fourth-order valence-corrected chi connectivity index (χ4v) is 1.92. The third kappa shape index (κ3) is 2.05. The first-order chi connectivity index (χ1) is 6.83. The van der Waals surface area contributed by atoms with Crippen molar-refractivity contribution in [3.63, 3.8) is 0 Å². The van der Waals surface area contributed by atoms with Crippen LogP contribution in [0.15, 0.2) is 16.4 Å². The van der Waals surface area contributed by atoms with E-state index >= 15 is 0 Å². The molecule has 5 heteroatoms. The molecule has 0 saturated heterocycles. The van der Waals surface area contributed by atoms with Crippen molar-refractivity contribution in [2.45, 2.75) is 18.9 Å². The summed E-state index contributed by atoms with van der Waals surface area (Å²) in [6, 6.07) is 2.40. The summed E-state index contributed by atoms with van der Waals surface area (Å²) < 4.78 is 5.10. The van der Waals surface area contributed by atoms with Crippen molar-refractivity contribution in [2.75, 3.05) is 7.11 Å². The second-order valence-electron chi connectivity index (χ2n) is 3.20. The average Bonchev–Trinajstić information content (AvgIpc) is 2.90. The maximum atomic E-state index is 5.42. The Morgan fingerprint density at radius 1 is 1.71 bits per heavy atom. The lowest BCUT2D eigenvalue weighted by atomic mass is 10.4. The molecule has 0 aliphatic heterocycles. The van der Waals surface area contributed by atoms with Gasteiger partial charge in [-0.1, -0.05) is 0 Å².